The van der Waals surface area contributed by atoms with E-state index in [1.807, 2.05) is 36.4 Å². The van der Waals surface area contributed by atoms with Crippen LogP contribution in [0.5, 0.6) is 0 Å². The van der Waals surface area contributed by atoms with Gasteiger partial charge < -0.3 is 4.80 Å². The van der Waals surface area contributed by atoms with E-state index in [0.717, 1.165) is 22.8 Å². The smallest absolute Gasteiger partial charge is 0.252 e. The van der Waals surface area contributed by atoms with Gasteiger partial charge in [-0.3, -0.25) is 0 Å². The maximum atomic E-state index is 11.5. The normalized spacial score (nSPS) is 11.5. The predicted molar refractivity (Wildman–Crippen MR) is 98.3 cm³/mol. The Morgan fingerprint density at radius 1 is 0.682 bits per heavy atom. The Hall–Kier alpha value is -1.38. The molecule has 0 aliphatic carbocycles. The van der Waals surface area contributed by atoms with Gasteiger partial charge in [0, 0.05) is 0 Å². The highest BCUT2D eigenvalue weighted by Gasteiger charge is 2.34. The van der Waals surface area contributed by atoms with Crippen LogP contribution in [-0.4, -0.2) is 13.1 Å². The van der Waals surface area contributed by atoms with Gasteiger partial charge in [0.05, 0.1) is 0 Å². The van der Waals surface area contributed by atoms with E-state index >= 15 is 0 Å². The summed E-state index contributed by atoms with van der Waals surface area (Å²) < 4.78 is 0. The van der Waals surface area contributed by atoms with Gasteiger partial charge in [0.2, 0.25) is 0 Å². The zero-order valence-electron chi connectivity index (χ0n) is 13.7. The van der Waals surface area contributed by atoms with Crippen LogP contribution in [0.15, 0.2) is 60.7 Å². The van der Waals surface area contributed by atoms with Crippen molar-refractivity contribution in [3.05, 3.63) is 60.7 Å². The molecule has 0 amide bonds. The second-order valence-corrected chi connectivity index (χ2v) is 9.49. The van der Waals surface area contributed by atoms with E-state index in [1.165, 1.54) is 32.1 Å². The van der Waals surface area contributed by atoms with Gasteiger partial charge in [-0.2, -0.15) is 0 Å². The molecule has 2 rings (SSSR count). The Balaban J connectivity index is 2.07. The Bertz CT molecular complexity index is 484. The van der Waals surface area contributed by atoms with Gasteiger partial charge in [-0.15, -0.1) is 0 Å². The zero-order chi connectivity index (χ0) is 15.7. The van der Waals surface area contributed by atoms with Crippen molar-refractivity contribution in [2.24, 2.45) is 0 Å². The third-order valence-electron chi connectivity index (χ3n) is 4.39. The third kappa shape index (κ3) is 4.55. The van der Waals surface area contributed by atoms with Crippen LogP contribution in [-0.2, 0) is 0 Å². The van der Waals surface area contributed by atoms with Crippen molar-refractivity contribution in [2.45, 2.75) is 51.5 Å². The van der Waals surface area contributed by atoms with E-state index < -0.39 is 8.32 Å². The van der Waals surface area contributed by atoms with Gasteiger partial charge in [-0.25, -0.2) is 0 Å². The van der Waals surface area contributed by atoms with Gasteiger partial charge in [-0.1, -0.05) is 106 Å². The fourth-order valence-corrected chi connectivity index (χ4v) is 6.20. The average Bonchev–Trinajstić information content (AvgIpc) is 2.59. The minimum atomic E-state index is -2.57. The molecule has 0 saturated heterocycles. The molecule has 0 radical (unpaired) electrons. The van der Waals surface area contributed by atoms with Crippen LogP contribution in [0.1, 0.15) is 45.4 Å². The first-order valence-electron chi connectivity index (χ1n) is 8.61. The highest BCUT2D eigenvalue weighted by Crippen LogP contribution is 2.15. The Labute approximate surface area is 136 Å². The summed E-state index contributed by atoms with van der Waals surface area (Å²) in [5.74, 6) is 0. The van der Waals surface area contributed by atoms with Crippen molar-refractivity contribution < 1.29 is 4.80 Å². The van der Waals surface area contributed by atoms with Crippen molar-refractivity contribution in [2.75, 3.05) is 0 Å². The quantitative estimate of drug-likeness (QED) is 0.546. The molecule has 1 N–H and O–H groups in total. The minimum Gasteiger partial charge on any atom is -0.424 e. The van der Waals surface area contributed by atoms with Crippen molar-refractivity contribution >= 4 is 18.7 Å². The lowest BCUT2D eigenvalue weighted by Gasteiger charge is -2.26. The Morgan fingerprint density at radius 3 is 1.64 bits per heavy atom. The second kappa shape index (κ2) is 8.91. The summed E-state index contributed by atoms with van der Waals surface area (Å²) >= 11 is 0. The Kier molecular flexibility index (Phi) is 6.88. The lowest BCUT2D eigenvalue weighted by molar-refractivity contribution is 0.550. The third-order valence-corrected chi connectivity index (χ3v) is 8.05. The maximum absolute atomic E-state index is 11.5. The highest BCUT2D eigenvalue weighted by molar-refractivity contribution is 6.96. The first-order valence-corrected chi connectivity index (χ1v) is 10.8. The molecule has 0 spiro atoms. The standard InChI is InChI=1S/C20H28OSi/c1-2-3-4-5-6-13-18-22(21,19-14-9-7-10-15-19)20-16-11-8-12-17-20/h7-12,14-17,21H,2-6,13,18H2,1H3. The molecule has 0 aliphatic rings. The summed E-state index contributed by atoms with van der Waals surface area (Å²) in [6, 6.07) is 21.5. The number of unbranched alkanes of at least 4 members (excludes halogenated alkanes) is 5. The summed E-state index contributed by atoms with van der Waals surface area (Å²) in [4.78, 5) is 11.5. The van der Waals surface area contributed by atoms with Crippen molar-refractivity contribution in [3.63, 3.8) is 0 Å². The summed E-state index contributed by atoms with van der Waals surface area (Å²) in [6.07, 6.45) is 7.59. The molecule has 22 heavy (non-hydrogen) atoms. The molecule has 0 aliphatic heterocycles. The van der Waals surface area contributed by atoms with E-state index in [9.17, 15) is 4.80 Å². The lowest BCUT2D eigenvalue weighted by Crippen LogP contribution is -2.58. The molecule has 1 nitrogen and oxygen atoms in total. The predicted octanol–water partition coefficient (Wildman–Crippen LogP) is 4.10. The average molecular weight is 313 g/mol. The van der Waals surface area contributed by atoms with Crippen molar-refractivity contribution in [3.8, 4) is 0 Å². The molecule has 0 heterocycles. The first-order chi connectivity index (χ1) is 10.8. The van der Waals surface area contributed by atoms with Gasteiger partial charge in [-0.05, 0) is 16.4 Å². The summed E-state index contributed by atoms with van der Waals surface area (Å²) in [5, 5.41) is 2.27. The highest BCUT2D eigenvalue weighted by atomic mass is 28.4. The van der Waals surface area contributed by atoms with Crippen LogP contribution in [0.4, 0.5) is 0 Å². The van der Waals surface area contributed by atoms with E-state index in [0.29, 0.717) is 0 Å². The van der Waals surface area contributed by atoms with E-state index in [1.54, 1.807) is 0 Å². The van der Waals surface area contributed by atoms with E-state index in [-0.39, 0.29) is 0 Å². The molecule has 118 valence electrons. The van der Waals surface area contributed by atoms with Gasteiger partial charge in [0.1, 0.15) is 0 Å². The van der Waals surface area contributed by atoms with Crippen molar-refractivity contribution in [1.29, 1.82) is 0 Å². The largest absolute Gasteiger partial charge is 0.424 e. The van der Waals surface area contributed by atoms with Crippen LogP contribution in [0.2, 0.25) is 6.04 Å². The van der Waals surface area contributed by atoms with Crippen LogP contribution >= 0.6 is 0 Å². The first kappa shape index (κ1) is 17.0. The molecule has 0 aromatic heterocycles. The topological polar surface area (TPSA) is 20.2 Å². The number of hydrogen-bond acceptors (Lipinski definition) is 1. The molecular formula is C20H28OSi. The Morgan fingerprint density at radius 2 is 1.14 bits per heavy atom. The minimum absolute atomic E-state index is 0.924. The van der Waals surface area contributed by atoms with Crippen LogP contribution in [0.3, 0.4) is 0 Å². The molecule has 0 atom stereocenters. The fourth-order valence-electron chi connectivity index (χ4n) is 3.04. The van der Waals surface area contributed by atoms with Gasteiger partial charge in [0.15, 0.2) is 0 Å². The molecule has 2 aromatic carbocycles. The van der Waals surface area contributed by atoms with Gasteiger partial charge >= 0.3 is 0 Å². The molecule has 0 bridgehead atoms. The summed E-state index contributed by atoms with van der Waals surface area (Å²) in [6.45, 7) is 2.25. The molecule has 2 heteroatoms. The maximum Gasteiger partial charge on any atom is 0.252 e. The van der Waals surface area contributed by atoms with Gasteiger partial charge in [0.25, 0.3) is 8.32 Å². The second-order valence-electron chi connectivity index (χ2n) is 6.11. The summed E-state index contributed by atoms with van der Waals surface area (Å²) in [5.41, 5.74) is 0. The number of hydrogen-bond donors (Lipinski definition) is 1. The SMILES string of the molecule is CCCCCCCC[Si](O)(c1ccccc1)c1ccccc1. The monoisotopic (exact) mass is 312 g/mol. The van der Waals surface area contributed by atoms with Crippen LogP contribution in [0.25, 0.3) is 0 Å². The number of rotatable bonds is 9. The molecule has 2 aromatic rings. The van der Waals surface area contributed by atoms with E-state index in [4.69, 9.17) is 0 Å². The van der Waals surface area contributed by atoms with Crippen LogP contribution in [0, 0.1) is 0 Å². The van der Waals surface area contributed by atoms with E-state index in [2.05, 4.69) is 31.2 Å². The molecular weight excluding hydrogens is 284 g/mol. The zero-order valence-corrected chi connectivity index (χ0v) is 14.7. The van der Waals surface area contributed by atoms with Crippen LogP contribution < -0.4 is 10.4 Å². The fraction of sp³-hybridized carbons (Fsp3) is 0.400. The summed E-state index contributed by atoms with van der Waals surface area (Å²) in [7, 11) is -2.57. The molecule has 0 saturated carbocycles. The molecule has 0 unspecified atom stereocenters. The van der Waals surface area contributed by atoms with Crippen molar-refractivity contribution in [1.82, 2.24) is 0 Å². The lowest BCUT2D eigenvalue weighted by atomic mass is 10.1. The molecule has 0 fully saturated rings. The number of benzene rings is 2.